The van der Waals surface area contributed by atoms with Gasteiger partial charge in [0.1, 0.15) is 0 Å². The summed E-state index contributed by atoms with van der Waals surface area (Å²) < 4.78 is 33.2. The number of rotatable bonds is 5. The summed E-state index contributed by atoms with van der Waals surface area (Å²) in [5, 5.41) is 0. The van der Waals surface area contributed by atoms with Crippen molar-refractivity contribution in [1.82, 2.24) is 9.03 Å². The number of hydrogen-bond acceptors (Lipinski definition) is 3. The minimum absolute atomic E-state index is 0.00957. The predicted molar refractivity (Wildman–Crippen MR) is 63.4 cm³/mol. The second-order valence-electron chi connectivity index (χ2n) is 4.57. The summed E-state index contributed by atoms with van der Waals surface area (Å²) in [5.74, 6) is 0. The quantitative estimate of drug-likeness (QED) is 0.782. The molecule has 1 rings (SSSR count). The Kier molecular flexibility index (Phi) is 4.73. The second-order valence-corrected chi connectivity index (χ2v) is 6.33. The molecule has 1 N–H and O–H groups in total. The van der Waals surface area contributed by atoms with E-state index in [0.29, 0.717) is 0 Å². The van der Waals surface area contributed by atoms with Gasteiger partial charge in [0.05, 0.1) is 6.10 Å². The van der Waals surface area contributed by atoms with Crippen LogP contribution in [-0.4, -0.2) is 44.6 Å². The van der Waals surface area contributed by atoms with Crippen molar-refractivity contribution < 1.29 is 13.2 Å². The van der Waals surface area contributed by atoms with Gasteiger partial charge in [-0.3, -0.25) is 0 Å². The molecular weight excluding hydrogens is 228 g/mol. The smallest absolute Gasteiger partial charge is 0.279 e. The molecule has 16 heavy (non-hydrogen) atoms. The van der Waals surface area contributed by atoms with Crippen LogP contribution < -0.4 is 4.72 Å². The standard InChI is InChI=1S/C10H22N2O3S/c1-8(2)12(4)16(13,14)11-9(3)10-6-5-7-15-10/h8-11H,5-7H2,1-4H3/t9-,10-/m1/s1. The van der Waals surface area contributed by atoms with Gasteiger partial charge in [-0.25, -0.2) is 0 Å². The monoisotopic (exact) mass is 250 g/mol. The molecule has 0 radical (unpaired) electrons. The normalized spacial score (nSPS) is 24.2. The summed E-state index contributed by atoms with van der Waals surface area (Å²) in [4.78, 5) is 0. The Labute approximate surface area is 98.3 Å². The fraction of sp³-hybridized carbons (Fsp3) is 1.00. The van der Waals surface area contributed by atoms with Gasteiger partial charge in [0.2, 0.25) is 0 Å². The first-order valence-electron chi connectivity index (χ1n) is 5.71. The van der Waals surface area contributed by atoms with E-state index in [9.17, 15) is 8.42 Å². The van der Waals surface area contributed by atoms with Gasteiger partial charge in [0.15, 0.2) is 0 Å². The minimum atomic E-state index is -3.39. The molecule has 2 atom stereocenters. The number of hydrogen-bond donors (Lipinski definition) is 1. The van der Waals surface area contributed by atoms with Crippen LogP contribution in [0.3, 0.4) is 0 Å². The maximum atomic E-state index is 11.9. The highest BCUT2D eigenvalue weighted by atomic mass is 32.2. The predicted octanol–water partition coefficient (Wildman–Crippen LogP) is 0.729. The molecule has 1 fully saturated rings. The molecule has 1 aliphatic rings. The Bertz CT molecular complexity index is 310. The van der Waals surface area contributed by atoms with Crippen LogP contribution in [-0.2, 0) is 14.9 Å². The lowest BCUT2D eigenvalue weighted by Crippen LogP contribution is -2.48. The van der Waals surface area contributed by atoms with Gasteiger partial charge in [0, 0.05) is 25.7 Å². The first kappa shape index (κ1) is 13.9. The summed E-state index contributed by atoms with van der Waals surface area (Å²) in [6, 6.07) is -0.220. The molecular formula is C10H22N2O3S. The first-order valence-corrected chi connectivity index (χ1v) is 7.15. The van der Waals surface area contributed by atoms with E-state index in [1.165, 1.54) is 4.31 Å². The van der Waals surface area contributed by atoms with Crippen molar-refractivity contribution in [3.63, 3.8) is 0 Å². The molecule has 96 valence electrons. The van der Waals surface area contributed by atoms with Crippen LogP contribution >= 0.6 is 0 Å². The van der Waals surface area contributed by atoms with Crippen molar-refractivity contribution in [2.45, 2.75) is 51.8 Å². The Hall–Kier alpha value is -0.170. The molecule has 1 saturated heterocycles. The van der Waals surface area contributed by atoms with Gasteiger partial charge in [-0.15, -0.1) is 0 Å². The van der Waals surface area contributed by atoms with Crippen molar-refractivity contribution in [2.75, 3.05) is 13.7 Å². The van der Waals surface area contributed by atoms with Crippen LogP contribution in [0.4, 0.5) is 0 Å². The van der Waals surface area contributed by atoms with E-state index in [1.807, 2.05) is 20.8 Å². The maximum absolute atomic E-state index is 11.9. The molecule has 6 heteroatoms. The third-order valence-corrected chi connectivity index (χ3v) is 4.81. The van der Waals surface area contributed by atoms with E-state index in [-0.39, 0.29) is 18.2 Å². The number of nitrogens with one attached hydrogen (secondary N) is 1. The lowest BCUT2D eigenvalue weighted by Gasteiger charge is -2.26. The third kappa shape index (κ3) is 3.41. The highest BCUT2D eigenvalue weighted by Crippen LogP contribution is 2.16. The molecule has 0 aromatic heterocycles. The highest BCUT2D eigenvalue weighted by molar-refractivity contribution is 7.87. The van der Waals surface area contributed by atoms with Gasteiger partial charge in [0.25, 0.3) is 10.2 Å². The van der Waals surface area contributed by atoms with E-state index in [0.717, 1.165) is 19.4 Å². The third-order valence-electron chi connectivity index (χ3n) is 2.96. The van der Waals surface area contributed by atoms with Gasteiger partial charge in [-0.2, -0.15) is 17.4 Å². The molecule has 0 bridgehead atoms. The van der Waals surface area contributed by atoms with Gasteiger partial charge >= 0.3 is 0 Å². The lowest BCUT2D eigenvalue weighted by atomic mass is 10.1. The average molecular weight is 250 g/mol. The second kappa shape index (κ2) is 5.44. The van der Waals surface area contributed by atoms with Gasteiger partial charge < -0.3 is 4.74 Å². The van der Waals surface area contributed by atoms with Crippen LogP contribution in [0.1, 0.15) is 33.6 Å². The number of ether oxygens (including phenoxy) is 1. The summed E-state index contributed by atoms with van der Waals surface area (Å²) in [5.41, 5.74) is 0. The Balaban J connectivity index is 2.58. The van der Waals surface area contributed by atoms with Gasteiger partial charge in [-0.05, 0) is 33.6 Å². The summed E-state index contributed by atoms with van der Waals surface area (Å²) in [7, 11) is -1.81. The SMILES string of the molecule is CC(C)N(C)S(=O)(=O)N[C@H](C)[C@H]1CCCO1. The van der Waals surface area contributed by atoms with Crippen molar-refractivity contribution in [3.05, 3.63) is 0 Å². The van der Waals surface area contributed by atoms with Crippen LogP contribution in [0.5, 0.6) is 0 Å². The molecule has 0 saturated carbocycles. The topological polar surface area (TPSA) is 58.6 Å². The Morgan fingerprint density at radius 2 is 2.00 bits per heavy atom. The zero-order valence-electron chi connectivity index (χ0n) is 10.4. The molecule has 5 nitrogen and oxygen atoms in total. The van der Waals surface area contributed by atoms with E-state index >= 15 is 0 Å². The zero-order valence-corrected chi connectivity index (χ0v) is 11.3. The fourth-order valence-electron chi connectivity index (χ4n) is 1.67. The molecule has 1 heterocycles. The zero-order chi connectivity index (χ0) is 12.3. The van der Waals surface area contributed by atoms with E-state index in [1.54, 1.807) is 7.05 Å². The Morgan fingerprint density at radius 1 is 1.38 bits per heavy atom. The summed E-state index contributed by atoms with van der Waals surface area (Å²) >= 11 is 0. The van der Waals surface area contributed by atoms with Crippen LogP contribution in [0.25, 0.3) is 0 Å². The Morgan fingerprint density at radius 3 is 2.44 bits per heavy atom. The fourth-order valence-corrected chi connectivity index (χ4v) is 3.01. The maximum Gasteiger partial charge on any atom is 0.279 e. The average Bonchev–Trinajstić information content (AvgIpc) is 2.68. The van der Waals surface area contributed by atoms with Crippen molar-refractivity contribution in [2.24, 2.45) is 0 Å². The van der Waals surface area contributed by atoms with Crippen LogP contribution in [0.15, 0.2) is 0 Å². The molecule has 0 aliphatic carbocycles. The molecule has 0 aromatic carbocycles. The summed E-state index contributed by atoms with van der Waals surface area (Å²) in [6.45, 7) is 6.27. The van der Waals surface area contributed by atoms with Gasteiger partial charge in [-0.1, -0.05) is 0 Å². The lowest BCUT2D eigenvalue weighted by molar-refractivity contribution is 0.0896. The van der Waals surface area contributed by atoms with Crippen molar-refractivity contribution >= 4 is 10.2 Å². The molecule has 0 aromatic rings. The molecule has 0 unspecified atom stereocenters. The number of nitrogens with zero attached hydrogens (tertiary/aromatic N) is 1. The van der Waals surface area contributed by atoms with E-state index < -0.39 is 10.2 Å². The van der Waals surface area contributed by atoms with Crippen LogP contribution in [0, 0.1) is 0 Å². The largest absolute Gasteiger partial charge is 0.377 e. The van der Waals surface area contributed by atoms with Crippen molar-refractivity contribution in [1.29, 1.82) is 0 Å². The van der Waals surface area contributed by atoms with Crippen LogP contribution in [0.2, 0.25) is 0 Å². The molecule has 1 aliphatic heterocycles. The highest BCUT2D eigenvalue weighted by Gasteiger charge is 2.28. The van der Waals surface area contributed by atoms with Crippen molar-refractivity contribution in [3.8, 4) is 0 Å². The molecule has 0 amide bonds. The summed E-state index contributed by atoms with van der Waals surface area (Å²) in [6.07, 6.45) is 1.95. The minimum Gasteiger partial charge on any atom is -0.377 e. The van der Waals surface area contributed by atoms with E-state index in [4.69, 9.17) is 4.74 Å². The first-order chi connectivity index (χ1) is 7.34. The molecule has 0 spiro atoms. The van der Waals surface area contributed by atoms with E-state index in [2.05, 4.69) is 4.72 Å².